The van der Waals surface area contributed by atoms with Crippen molar-refractivity contribution < 1.29 is 4.42 Å². The Hall–Kier alpha value is -1.31. The van der Waals surface area contributed by atoms with Crippen LogP contribution in [0, 0.1) is 0 Å². The van der Waals surface area contributed by atoms with E-state index in [4.69, 9.17) is 4.42 Å². The second kappa shape index (κ2) is 5.54. The van der Waals surface area contributed by atoms with Gasteiger partial charge in [-0.25, -0.2) is 0 Å². The Morgan fingerprint density at radius 3 is 2.87 bits per heavy atom. The molecule has 15 heavy (non-hydrogen) atoms. The van der Waals surface area contributed by atoms with Crippen molar-refractivity contribution in [2.75, 3.05) is 0 Å². The van der Waals surface area contributed by atoms with Crippen LogP contribution in [-0.4, -0.2) is 12.3 Å². The molecule has 0 radical (unpaired) electrons. The summed E-state index contributed by atoms with van der Waals surface area (Å²) < 4.78 is 5.18. The second-order valence-corrected chi connectivity index (χ2v) is 3.96. The summed E-state index contributed by atoms with van der Waals surface area (Å²) in [5.74, 6) is 0.880. The minimum absolute atomic E-state index is 0.556. The molecule has 0 aliphatic heterocycles. The van der Waals surface area contributed by atoms with E-state index in [9.17, 15) is 0 Å². The molecule has 0 bridgehead atoms. The normalized spacial score (nSPS) is 19.2. The van der Waals surface area contributed by atoms with Gasteiger partial charge in [-0.3, -0.25) is 4.99 Å². The van der Waals surface area contributed by atoms with Gasteiger partial charge in [0.25, 0.3) is 0 Å². The maximum Gasteiger partial charge on any atom is 0.126 e. The molecule has 1 aliphatic carbocycles. The van der Waals surface area contributed by atoms with Gasteiger partial charge in [0.15, 0.2) is 0 Å². The van der Waals surface area contributed by atoms with Crippen molar-refractivity contribution in [1.29, 1.82) is 0 Å². The average molecular weight is 203 g/mol. The van der Waals surface area contributed by atoms with Crippen molar-refractivity contribution in [2.45, 2.75) is 38.1 Å². The van der Waals surface area contributed by atoms with E-state index in [2.05, 4.69) is 4.99 Å². The van der Waals surface area contributed by atoms with Crippen LogP contribution in [0.4, 0.5) is 0 Å². The van der Waals surface area contributed by atoms with Crippen molar-refractivity contribution in [3.05, 3.63) is 30.2 Å². The van der Waals surface area contributed by atoms with Crippen molar-refractivity contribution in [2.24, 2.45) is 4.99 Å². The molecular formula is C13H17NO. The number of hydrogen-bond donors (Lipinski definition) is 0. The van der Waals surface area contributed by atoms with Gasteiger partial charge >= 0.3 is 0 Å². The van der Waals surface area contributed by atoms with E-state index >= 15 is 0 Å². The predicted octanol–water partition coefficient (Wildman–Crippen LogP) is 3.70. The number of aliphatic imine (C=N–C) groups is 1. The molecule has 1 aliphatic rings. The first-order valence-electron chi connectivity index (χ1n) is 5.68. The van der Waals surface area contributed by atoms with Gasteiger partial charge in [0.05, 0.1) is 6.26 Å². The SMILES string of the molecule is C(/C=C/c1ccco1)=NC1CCCCC1. The first kappa shape index (κ1) is 10.2. The van der Waals surface area contributed by atoms with E-state index in [-0.39, 0.29) is 0 Å². The fourth-order valence-corrected chi connectivity index (χ4v) is 1.93. The Kier molecular flexibility index (Phi) is 3.77. The summed E-state index contributed by atoms with van der Waals surface area (Å²) in [4.78, 5) is 4.53. The summed E-state index contributed by atoms with van der Waals surface area (Å²) in [5.41, 5.74) is 0. The quantitative estimate of drug-likeness (QED) is 0.688. The molecule has 0 saturated heterocycles. The van der Waals surface area contributed by atoms with Crippen LogP contribution in [0.15, 0.2) is 33.9 Å². The first-order valence-corrected chi connectivity index (χ1v) is 5.68. The third-order valence-corrected chi connectivity index (χ3v) is 2.76. The monoisotopic (exact) mass is 203 g/mol. The zero-order valence-electron chi connectivity index (χ0n) is 8.93. The Balaban J connectivity index is 1.79. The Bertz CT molecular complexity index is 318. The lowest BCUT2D eigenvalue weighted by atomic mass is 9.96. The van der Waals surface area contributed by atoms with Crippen LogP contribution in [0.3, 0.4) is 0 Å². The third-order valence-electron chi connectivity index (χ3n) is 2.76. The number of hydrogen-bond acceptors (Lipinski definition) is 2. The molecule has 1 aromatic heterocycles. The molecule has 2 rings (SSSR count). The number of nitrogens with zero attached hydrogens (tertiary/aromatic N) is 1. The predicted molar refractivity (Wildman–Crippen MR) is 63.1 cm³/mol. The maximum absolute atomic E-state index is 5.18. The van der Waals surface area contributed by atoms with E-state index < -0.39 is 0 Å². The van der Waals surface area contributed by atoms with Gasteiger partial charge in [-0.05, 0) is 37.1 Å². The van der Waals surface area contributed by atoms with Crippen LogP contribution in [0.1, 0.15) is 37.9 Å². The zero-order valence-corrected chi connectivity index (χ0v) is 8.93. The largest absolute Gasteiger partial charge is 0.465 e. The van der Waals surface area contributed by atoms with Crippen LogP contribution in [0.5, 0.6) is 0 Å². The molecule has 0 spiro atoms. The van der Waals surface area contributed by atoms with Crippen LogP contribution < -0.4 is 0 Å². The molecule has 1 heterocycles. The van der Waals surface area contributed by atoms with Crippen molar-refractivity contribution in [1.82, 2.24) is 0 Å². The molecule has 0 unspecified atom stereocenters. The lowest BCUT2D eigenvalue weighted by molar-refractivity contribution is 0.444. The molecule has 2 heteroatoms. The summed E-state index contributed by atoms with van der Waals surface area (Å²) in [6.07, 6.45) is 14.0. The van der Waals surface area contributed by atoms with Gasteiger partial charge in [0, 0.05) is 12.3 Å². The highest BCUT2D eigenvalue weighted by atomic mass is 16.3. The van der Waals surface area contributed by atoms with Gasteiger partial charge in [0.2, 0.25) is 0 Å². The van der Waals surface area contributed by atoms with E-state index in [0.29, 0.717) is 6.04 Å². The molecule has 0 atom stereocenters. The van der Waals surface area contributed by atoms with Crippen molar-refractivity contribution in [3.63, 3.8) is 0 Å². The highest BCUT2D eigenvalue weighted by Crippen LogP contribution is 2.19. The molecule has 1 fully saturated rings. The summed E-state index contributed by atoms with van der Waals surface area (Å²) in [7, 11) is 0. The number of rotatable bonds is 3. The molecule has 1 saturated carbocycles. The standard InChI is InChI=1S/C13H17NO/c1-2-6-12(7-3-1)14-10-4-8-13-9-5-11-15-13/h4-5,8-12H,1-3,6-7H2/b8-4+,14-10?. The summed E-state index contributed by atoms with van der Waals surface area (Å²) in [6, 6.07) is 4.38. The molecule has 0 aromatic carbocycles. The van der Waals surface area contributed by atoms with Gasteiger partial charge < -0.3 is 4.42 Å². The smallest absolute Gasteiger partial charge is 0.126 e. The van der Waals surface area contributed by atoms with E-state index in [1.165, 1.54) is 32.1 Å². The van der Waals surface area contributed by atoms with E-state index in [1.54, 1.807) is 6.26 Å². The van der Waals surface area contributed by atoms with Gasteiger partial charge in [-0.15, -0.1) is 0 Å². The minimum Gasteiger partial charge on any atom is -0.465 e. The maximum atomic E-state index is 5.18. The van der Waals surface area contributed by atoms with Gasteiger partial charge in [-0.2, -0.15) is 0 Å². The summed E-state index contributed by atoms with van der Waals surface area (Å²) >= 11 is 0. The van der Waals surface area contributed by atoms with Crippen LogP contribution >= 0.6 is 0 Å². The lowest BCUT2D eigenvalue weighted by Crippen LogP contribution is -2.09. The second-order valence-electron chi connectivity index (χ2n) is 3.96. The Morgan fingerprint density at radius 1 is 1.27 bits per heavy atom. The minimum atomic E-state index is 0.556. The Labute approximate surface area is 90.7 Å². The topological polar surface area (TPSA) is 25.5 Å². The molecule has 0 N–H and O–H groups in total. The number of furan rings is 1. The average Bonchev–Trinajstić information content (AvgIpc) is 2.79. The molecule has 1 aromatic rings. The van der Waals surface area contributed by atoms with Crippen LogP contribution in [0.25, 0.3) is 6.08 Å². The fraction of sp³-hybridized carbons (Fsp3) is 0.462. The van der Waals surface area contributed by atoms with Crippen molar-refractivity contribution in [3.8, 4) is 0 Å². The van der Waals surface area contributed by atoms with E-state index in [1.807, 2.05) is 30.5 Å². The number of allylic oxidation sites excluding steroid dienone is 1. The van der Waals surface area contributed by atoms with E-state index in [0.717, 1.165) is 5.76 Å². The molecule has 80 valence electrons. The summed E-state index contributed by atoms with van der Waals surface area (Å²) in [6.45, 7) is 0. The highest BCUT2D eigenvalue weighted by molar-refractivity contribution is 5.77. The first-order chi connectivity index (χ1) is 7.45. The van der Waals surface area contributed by atoms with Gasteiger partial charge in [0.1, 0.15) is 5.76 Å². The van der Waals surface area contributed by atoms with Gasteiger partial charge in [-0.1, -0.05) is 19.3 Å². The molecule has 2 nitrogen and oxygen atoms in total. The highest BCUT2D eigenvalue weighted by Gasteiger charge is 2.09. The van der Waals surface area contributed by atoms with Crippen molar-refractivity contribution >= 4 is 12.3 Å². The third kappa shape index (κ3) is 3.39. The fourth-order valence-electron chi connectivity index (χ4n) is 1.93. The van der Waals surface area contributed by atoms with Crippen LogP contribution in [-0.2, 0) is 0 Å². The lowest BCUT2D eigenvalue weighted by Gasteiger charge is -2.16. The Morgan fingerprint density at radius 2 is 2.13 bits per heavy atom. The molecular weight excluding hydrogens is 186 g/mol. The zero-order chi connectivity index (χ0) is 10.3. The van der Waals surface area contributed by atoms with Crippen LogP contribution in [0.2, 0.25) is 0 Å². The summed E-state index contributed by atoms with van der Waals surface area (Å²) in [5, 5.41) is 0. The molecule has 0 amide bonds.